The number of methoxy groups -OCH3 is 3. The van der Waals surface area contributed by atoms with Crippen LogP contribution in [0.25, 0.3) is 10.9 Å². The Morgan fingerprint density at radius 1 is 0.971 bits per heavy atom. The van der Waals surface area contributed by atoms with E-state index in [2.05, 4.69) is 25.3 Å². The van der Waals surface area contributed by atoms with Gasteiger partial charge in [0.2, 0.25) is 0 Å². The lowest BCUT2D eigenvalue weighted by atomic mass is 10.2. The molecule has 0 spiro atoms. The van der Waals surface area contributed by atoms with Gasteiger partial charge in [-0.3, -0.25) is 0 Å². The number of aryl methyl sites for hydroxylation is 1. The number of nitrogens with zero attached hydrogens (tertiary/aromatic N) is 4. The van der Waals surface area contributed by atoms with Crippen LogP contribution in [0.1, 0.15) is 17.3 Å². The van der Waals surface area contributed by atoms with Gasteiger partial charge in [0.15, 0.2) is 11.5 Å². The molecule has 184 valence electrons. The number of hydrogen-bond acceptors (Lipinski definition) is 10. The van der Waals surface area contributed by atoms with Crippen LogP contribution in [0.4, 0.5) is 24.8 Å². The smallest absolute Gasteiger partial charge is 0.433 e. The predicted molar refractivity (Wildman–Crippen MR) is 118 cm³/mol. The van der Waals surface area contributed by atoms with E-state index < -0.39 is 18.0 Å². The molecule has 0 saturated heterocycles. The number of halogens is 3. The average molecular weight is 482 g/mol. The van der Waals surface area contributed by atoms with Gasteiger partial charge >= 0.3 is 6.18 Å². The molecule has 0 saturated carbocycles. The van der Waals surface area contributed by atoms with E-state index in [1.807, 2.05) is 0 Å². The summed E-state index contributed by atoms with van der Waals surface area (Å²) in [7, 11) is 4.59. The summed E-state index contributed by atoms with van der Waals surface area (Å²) in [4.78, 5) is 16.2. The Bertz CT molecular complexity index is 1140. The van der Waals surface area contributed by atoms with Crippen molar-refractivity contribution in [2.24, 2.45) is 0 Å². The standard InChI is InChI=1S/C21H25F3N6O4/c1-11-27-14-6-15(33-4)16(34-12(9-31-2)10-32-3)5-13(14)20(28-11)26-8-19-29-17(21(22,23)24)7-18(25)30-19/h5-7,12H,8-10H2,1-4H3,(H2,25,29,30)(H,26,27,28). The molecule has 0 atom stereocenters. The van der Waals surface area contributed by atoms with E-state index in [1.54, 1.807) is 33.3 Å². The van der Waals surface area contributed by atoms with Gasteiger partial charge in [0.05, 0.1) is 32.4 Å². The third-order valence-corrected chi connectivity index (χ3v) is 4.59. The molecule has 0 aliphatic heterocycles. The summed E-state index contributed by atoms with van der Waals surface area (Å²) in [5.41, 5.74) is 4.95. The summed E-state index contributed by atoms with van der Waals surface area (Å²) in [6, 6.07) is 4.04. The Kier molecular flexibility index (Phi) is 7.89. The fourth-order valence-corrected chi connectivity index (χ4v) is 3.21. The number of fused-ring (bicyclic) bond motifs is 1. The maximum Gasteiger partial charge on any atom is 0.433 e. The van der Waals surface area contributed by atoms with Gasteiger partial charge < -0.3 is 30.0 Å². The first-order valence-corrected chi connectivity index (χ1v) is 10.1. The third-order valence-electron chi connectivity index (χ3n) is 4.59. The van der Waals surface area contributed by atoms with Crippen molar-refractivity contribution in [3.05, 3.63) is 35.5 Å². The van der Waals surface area contributed by atoms with E-state index in [0.717, 1.165) is 0 Å². The summed E-state index contributed by atoms with van der Waals surface area (Å²) < 4.78 is 61.0. The van der Waals surface area contributed by atoms with Crippen LogP contribution in [0.2, 0.25) is 0 Å². The molecule has 10 nitrogen and oxygen atoms in total. The SMILES string of the molecule is COCC(COC)Oc1cc2c(NCc3nc(N)cc(C(F)(F)F)n3)nc(C)nc2cc1OC. The summed E-state index contributed by atoms with van der Waals surface area (Å²) in [6.07, 6.45) is -5.06. The van der Waals surface area contributed by atoms with Crippen LogP contribution in [0.15, 0.2) is 18.2 Å². The van der Waals surface area contributed by atoms with Crippen molar-refractivity contribution >= 4 is 22.5 Å². The number of nitrogens with two attached hydrogens (primary N) is 1. The normalized spacial score (nSPS) is 11.8. The second-order valence-electron chi connectivity index (χ2n) is 7.24. The zero-order valence-electron chi connectivity index (χ0n) is 19.1. The molecule has 2 heterocycles. The van der Waals surface area contributed by atoms with Crippen LogP contribution in [0.3, 0.4) is 0 Å². The van der Waals surface area contributed by atoms with Crippen molar-refractivity contribution in [2.75, 3.05) is 45.6 Å². The van der Waals surface area contributed by atoms with Gasteiger partial charge in [0.1, 0.15) is 35.1 Å². The number of nitrogen functional groups attached to an aromatic ring is 1. The monoisotopic (exact) mass is 482 g/mol. The van der Waals surface area contributed by atoms with Crippen molar-refractivity contribution in [1.82, 2.24) is 19.9 Å². The minimum atomic E-state index is -4.65. The molecule has 0 fully saturated rings. The molecule has 0 unspecified atom stereocenters. The molecule has 34 heavy (non-hydrogen) atoms. The molecule has 0 amide bonds. The zero-order valence-corrected chi connectivity index (χ0v) is 19.1. The molecule has 3 aromatic rings. The molecule has 3 rings (SSSR count). The first-order chi connectivity index (χ1) is 16.1. The second kappa shape index (κ2) is 10.7. The van der Waals surface area contributed by atoms with Gasteiger partial charge in [0.25, 0.3) is 0 Å². The average Bonchev–Trinajstić information content (AvgIpc) is 2.76. The maximum atomic E-state index is 13.1. The third kappa shape index (κ3) is 6.11. The molecular formula is C21H25F3N6O4. The second-order valence-corrected chi connectivity index (χ2v) is 7.24. The van der Waals surface area contributed by atoms with Crippen LogP contribution in [0, 0.1) is 6.92 Å². The Labute approximate surface area is 193 Å². The lowest BCUT2D eigenvalue weighted by Crippen LogP contribution is -2.27. The number of rotatable bonds is 10. The quantitative estimate of drug-likeness (QED) is 0.445. The van der Waals surface area contributed by atoms with E-state index in [0.29, 0.717) is 40.1 Å². The number of ether oxygens (including phenoxy) is 4. The number of nitrogens with one attached hydrogen (secondary N) is 1. The fraction of sp³-hybridized carbons (Fsp3) is 0.429. The number of aromatic nitrogens is 4. The first kappa shape index (κ1) is 25.2. The molecule has 0 bridgehead atoms. The summed E-state index contributed by atoms with van der Waals surface area (Å²) in [6.45, 7) is 2.09. The van der Waals surface area contributed by atoms with E-state index in [9.17, 15) is 13.2 Å². The van der Waals surface area contributed by atoms with Crippen LogP contribution >= 0.6 is 0 Å². The van der Waals surface area contributed by atoms with Gasteiger partial charge in [-0.05, 0) is 13.0 Å². The first-order valence-electron chi connectivity index (χ1n) is 10.1. The molecule has 2 aromatic heterocycles. The summed E-state index contributed by atoms with van der Waals surface area (Å²) in [5, 5.41) is 3.53. The van der Waals surface area contributed by atoms with Gasteiger partial charge in [0, 0.05) is 31.7 Å². The maximum absolute atomic E-state index is 13.1. The van der Waals surface area contributed by atoms with E-state index in [-0.39, 0.29) is 31.4 Å². The molecule has 3 N–H and O–H groups in total. The number of hydrogen-bond donors (Lipinski definition) is 2. The molecule has 0 radical (unpaired) electrons. The Morgan fingerprint density at radius 2 is 1.68 bits per heavy atom. The number of benzene rings is 1. The highest BCUT2D eigenvalue weighted by Crippen LogP contribution is 2.35. The van der Waals surface area contributed by atoms with Crippen molar-refractivity contribution in [1.29, 1.82) is 0 Å². The lowest BCUT2D eigenvalue weighted by Gasteiger charge is -2.20. The zero-order chi connectivity index (χ0) is 24.9. The molecular weight excluding hydrogens is 457 g/mol. The molecule has 13 heteroatoms. The van der Waals surface area contributed by atoms with Crippen LogP contribution in [-0.4, -0.2) is 60.6 Å². The van der Waals surface area contributed by atoms with Crippen molar-refractivity contribution < 1.29 is 32.1 Å². The Morgan fingerprint density at radius 3 is 2.29 bits per heavy atom. The summed E-state index contributed by atoms with van der Waals surface area (Å²) >= 11 is 0. The molecule has 1 aromatic carbocycles. The lowest BCUT2D eigenvalue weighted by molar-refractivity contribution is -0.141. The minimum Gasteiger partial charge on any atom is -0.493 e. The highest BCUT2D eigenvalue weighted by molar-refractivity contribution is 5.91. The topological polar surface area (TPSA) is 127 Å². The number of anilines is 2. The Hall–Kier alpha value is -3.45. The predicted octanol–water partition coefficient (Wildman–Crippen LogP) is 2.99. The van der Waals surface area contributed by atoms with Gasteiger partial charge in [-0.1, -0.05) is 0 Å². The minimum absolute atomic E-state index is 0.137. The van der Waals surface area contributed by atoms with E-state index >= 15 is 0 Å². The summed E-state index contributed by atoms with van der Waals surface area (Å²) in [5.74, 6) is 1.19. The Balaban J connectivity index is 1.97. The fourth-order valence-electron chi connectivity index (χ4n) is 3.21. The van der Waals surface area contributed by atoms with Crippen LogP contribution in [0.5, 0.6) is 11.5 Å². The van der Waals surface area contributed by atoms with Crippen molar-refractivity contribution in [2.45, 2.75) is 25.7 Å². The van der Waals surface area contributed by atoms with Gasteiger partial charge in [-0.2, -0.15) is 13.2 Å². The van der Waals surface area contributed by atoms with Gasteiger partial charge in [-0.15, -0.1) is 0 Å². The van der Waals surface area contributed by atoms with E-state index in [1.165, 1.54) is 7.11 Å². The van der Waals surface area contributed by atoms with Crippen molar-refractivity contribution in [3.63, 3.8) is 0 Å². The highest BCUT2D eigenvalue weighted by atomic mass is 19.4. The van der Waals surface area contributed by atoms with Crippen LogP contribution < -0.4 is 20.5 Å². The highest BCUT2D eigenvalue weighted by Gasteiger charge is 2.33. The van der Waals surface area contributed by atoms with E-state index in [4.69, 9.17) is 24.7 Å². The largest absolute Gasteiger partial charge is 0.493 e. The van der Waals surface area contributed by atoms with Crippen molar-refractivity contribution in [3.8, 4) is 11.5 Å². The van der Waals surface area contributed by atoms with Gasteiger partial charge in [-0.25, -0.2) is 19.9 Å². The molecule has 0 aliphatic rings. The number of alkyl halides is 3. The van der Waals surface area contributed by atoms with Crippen LogP contribution in [-0.2, 0) is 22.2 Å². The molecule has 0 aliphatic carbocycles.